The first kappa shape index (κ1) is 28.6. The summed E-state index contributed by atoms with van der Waals surface area (Å²) in [6.07, 6.45) is 0. The molecule has 5 aromatic carbocycles. The van der Waals surface area contributed by atoms with Crippen molar-refractivity contribution in [3.8, 4) is 34.8 Å². The maximum Gasteiger partial charge on any atom is 0.222 e. The van der Waals surface area contributed by atoms with Crippen LogP contribution in [0.3, 0.4) is 0 Å². The van der Waals surface area contributed by atoms with Gasteiger partial charge >= 0.3 is 0 Å². The molecule has 1 saturated heterocycles. The quantitative estimate of drug-likeness (QED) is 0.163. The average molecular weight is 588 g/mol. The Hall–Kier alpha value is -5.49. The lowest BCUT2D eigenvalue weighted by Crippen LogP contribution is -2.28. The van der Waals surface area contributed by atoms with E-state index in [9.17, 15) is 14.4 Å². The molecular weight excluding hydrogens is 561 g/mol. The average Bonchev–Trinajstić information content (AvgIpc) is 3.57. The molecule has 1 aliphatic heterocycles. The number of ketones is 1. The highest BCUT2D eigenvalue weighted by molar-refractivity contribution is 6.09. The molecule has 218 valence electrons. The van der Waals surface area contributed by atoms with Gasteiger partial charge in [0.05, 0.1) is 20.3 Å². The lowest BCUT2D eigenvalue weighted by molar-refractivity contribution is -0.129. The summed E-state index contributed by atoms with van der Waals surface area (Å²) in [7, 11) is 1.58. The summed E-state index contributed by atoms with van der Waals surface area (Å²) in [6.45, 7) is 0.819. The summed E-state index contributed by atoms with van der Waals surface area (Å²) in [4.78, 5) is 12.8. The van der Waals surface area contributed by atoms with E-state index >= 15 is 0 Å². The minimum atomic E-state index is -1.13. The zero-order valence-electron chi connectivity index (χ0n) is 23.7. The van der Waals surface area contributed by atoms with E-state index in [1.165, 1.54) is 12.1 Å². The number of carbonyl (C=O) groups is 1. The highest BCUT2D eigenvalue weighted by Crippen LogP contribution is 2.40. The zero-order chi connectivity index (χ0) is 30.5. The lowest BCUT2D eigenvalue weighted by atomic mass is 9.97. The number of benzene rings is 5. The van der Waals surface area contributed by atoms with Crippen LogP contribution in [0.2, 0.25) is 0 Å². The first-order valence-electron chi connectivity index (χ1n) is 13.8. The number of hydrogen-bond acceptors (Lipinski definition) is 7. The number of halogens is 1. The van der Waals surface area contributed by atoms with Crippen molar-refractivity contribution >= 4 is 5.78 Å². The second kappa shape index (κ2) is 12.4. The molecule has 0 atom stereocenters. The van der Waals surface area contributed by atoms with Gasteiger partial charge in [-0.2, -0.15) is 5.26 Å². The number of hydrogen-bond donors (Lipinski definition) is 0. The molecule has 0 amide bonds. The summed E-state index contributed by atoms with van der Waals surface area (Å²) in [5, 5.41) is 9.28. The van der Waals surface area contributed by atoms with E-state index in [1.807, 2.05) is 42.5 Å². The molecule has 7 nitrogen and oxygen atoms in total. The van der Waals surface area contributed by atoms with Gasteiger partial charge in [0.25, 0.3) is 0 Å². The van der Waals surface area contributed by atoms with Crippen LogP contribution in [0, 0.1) is 17.1 Å². The number of methoxy groups -OCH3 is 1. The minimum Gasteiger partial charge on any atom is -0.497 e. The van der Waals surface area contributed by atoms with Gasteiger partial charge < -0.3 is 23.7 Å². The molecule has 0 aromatic heterocycles. The maximum absolute atomic E-state index is 14.0. The molecule has 0 spiro atoms. The van der Waals surface area contributed by atoms with Gasteiger partial charge in [-0.1, -0.05) is 6.07 Å². The minimum absolute atomic E-state index is 0.0918. The molecule has 0 unspecified atom stereocenters. The fraction of sp³-hybridized carbons (Fsp3) is 0.111. The zero-order valence-corrected chi connectivity index (χ0v) is 23.7. The van der Waals surface area contributed by atoms with Crippen LogP contribution in [0.1, 0.15) is 32.6 Å². The summed E-state index contributed by atoms with van der Waals surface area (Å²) < 4.78 is 43.2. The number of ether oxygens (including phenoxy) is 5. The Morgan fingerprint density at radius 1 is 0.705 bits per heavy atom. The Labute approximate surface area is 253 Å². The second-order valence-electron chi connectivity index (χ2n) is 9.87. The van der Waals surface area contributed by atoms with Crippen LogP contribution in [0.25, 0.3) is 0 Å². The Bertz CT molecular complexity index is 1810. The van der Waals surface area contributed by atoms with Gasteiger partial charge in [0, 0.05) is 22.3 Å². The summed E-state index contributed by atoms with van der Waals surface area (Å²) in [5.74, 6) is 0.584. The van der Waals surface area contributed by atoms with Crippen molar-refractivity contribution < 1.29 is 32.9 Å². The molecule has 0 radical (unpaired) electrons. The highest BCUT2D eigenvalue weighted by atomic mass is 19.1. The van der Waals surface area contributed by atoms with E-state index in [1.54, 1.807) is 73.8 Å². The Morgan fingerprint density at radius 3 is 1.68 bits per heavy atom. The number of nitrogens with zero attached hydrogens (tertiary/aromatic N) is 1. The summed E-state index contributed by atoms with van der Waals surface area (Å²) in [6, 6.07) is 34.5. The molecule has 1 aliphatic rings. The van der Waals surface area contributed by atoms with Crippen molar-refractivity contribution in [3.05, 3.63) is 149 Å². The van der Waals surface area contributed by atoms with E-state index in [4.69, 9.17) is 23.7 Å². The summed E-state index contributed by atoms with van der Waals surface area (Å²) >= 11 is 0. The van der Waals surface area contributed by atoms with Crippen molar-refractivity contribution in [3.63, 3.8) is 0 Å². The Morgan fingerprint density at radius 2 is 1.18 bits per heavy atom. The van der Waals surface area contributed by atoms with Crippen LogP contribution in [-0.4, -0.2) is 26.1 Å². The lowest BCUT2D eigenvalue weighted by Gasteiger charge is -2.28. The molecule has 5 aromatic rings. The monoisotopic (exact) mass is 587 g/mol. The van der Waals surface area contributed by atoms with E-state index in [2.05, 4.69) is 0 Å². The fourth-order valence-corrected chi connectivity index (χ4v) is 4.94. The van der Waals surface area contributed by atoms with Crippen molar-refractivity contribution in [2.75, 3.05) is 20.3 Å². The third-order valence-corrected chi connectivity index (χ3v) is 7.18. The van der Waals surface area contributed by atoms with Crippen molar-refractivity contribution in [2.24, 2.45) is 0 Å². The van der Waals surface area contributed by atoms with Crippen molar-refractivity contribution in [2.45, 2.75) is 5.79 Å². The Balaban J connectivity index is 1.15. The van der Waals surface area contributed by atoms with Crippen LogP contribution in [0.4, 0.5) is 4.39 Å². The van der Waals surface area contributed by atoms with Gasteiger partial charge in [0.15, 0.2) is 5.78 Å². The molecule has 0 aliphatic carbocycles. The van der Waals surface area contributed by atoms with Crippen molar-refractivity contribution in [1.82, 2.24) is 0 Å². The smallest absolute Gasteiger partial charge is 0.222 e. The van der Waals surface area contributed by atoms with E-state index in [0.717, 1.165) is 11.1 Å². The molecule has 0 N–H and O–H groups in total. The predicted octanol–water partition coefficient (Wildman–Crippen LogP) is 7.77. The molecule has 0 bridgehead atoms. The third kappa shape index (κ3) is 5.75. The molecule has 1 fully saturated rings. The standard InChI is InChI=1S/C36H26FNO6/c1-40-28-13-5-24(6-14-28)35(39)25-7-15-29(16-8-25)43-30-17-9-26(10-18-30)36(41-21-22-42-36)27-11-19-31(20-12-27)44-34-4-2-3-33(37)32(34)23-38/h2-20H,21-22H2,1H3. The molecule has 44 heavy (non-hydrogen) atoms. The molecule has 1 heterocycles. The van der Waals surface area contributed by atoms with E-state index < -0.39 is 11.6 Å². The maximum atomic E-state index is 14.0. The van der Waals surface area contributed by atoms with Crippen LogP contribution in [0.5, 0.6) is 28.7 Å². The second-order valence-corrected chi connectivity index (χ2v) is 9.87. The number of carbonyl (C=O) groups excluding carboxylic acids is 1. The Kier molecular flexibility index (Phi) is 8.06. The molecular formula is C36H26FNO6. The van der Waals surface area contributed by atoms with Crippen LogP contribution >= 0.6 is 0 Å². The van der Waals surface area contributed by atoms with Crippen LogP contribution < -0.4 is 14.2 Å². The third-order valence-electron chi connectivity index (χ3n) is 7.18. The molecule has 6 rings (SSSR count). The normalized spacial score (nSPS) is 13.6. The van der Waals surface area contributed by atoms with Gasteiger partial charge in [0.2, 0.25) is 5.79 Å². The largest absolute Gasteiger partial charge is 0.497 e. The SMILES string of the molecule is COc1ccc(C(=O)c2ccc(Oc3ccc(C4(c5ccc(Oc6cccc(F)c6C#N)cc5)OCCO4)cc3)cc2)cc1. The van der Waals surface area contributed by atoms with Crippen LogP contribution in [0.15, 0.2) is 115 Å². The van der Waals surface area contributed by atoms with Crippen molar-refractivity contribution in [1.29, 1.82) is 5.26 Å². The number of rotatable bonds is 9. The highest BCUT2D eigenvalue weighted by Gasteiger charge is 2.40. The van der Waals surface area contributed by atoms with Gasteiger partial charge in [-0.15, -0.1) is 0 Å². The first-order chi connectivity index (χ1) is 21.5. The molecule has 8 heteroatoms. The van der Waals surface area contributed by atoms with E-state index in [0.29, 0.717) is 47.3 Å². The topological polar surface area (TPSA) is 87.0 Å². The van der Waals surface area contributed by atoms with E-state index in [-0.39, 0.29) is 17.1 Å². The first-order valence-corrected chi connectivity index (χ1v) is 13.8. The van der Waals surface area contributed by atoms with Crippen LogP contribution in [-0.2, 0) is 15.3 Å². The van der Waals surface area contributed by atoms with Gasteiger partial charge in [-0.3, -0.25) is 4.79 Å². The van der Waals surface area contributed by atoms with Gasteiger partial charge in [-0.25, -0.2) is 4.39 Å². The predicted molar refractivity (Wildman–Crippen MR) is 160 cm³/mol. The fourth-order valence-electron chi connectivity index (χ4n) is 4.94. The number of nitriles is 1. The van der Waals surface area contributed by atoms with Gasteiger partial charge in [-0.05, 0) is 109 Å². The summed E-state index contributed by atoms with van der Waals surface area (Å²) in [5.41, 5.74) is 2.48. The van der Waals surface area contributed by atoms with Gasteiger partial charge in [0.1, 0.15) is 46.2 Å². The molecule has 0 saturated carbocycles.